The third-order valence-electron chi connectivity index (χ3n) is 2.94. The number of halogens is 3. The number of hydrogen-bond acceptors (Lipinski definition) is 2. The molecule has 1 rings (SSSR count). The summed E-state index contributed by atoms with van der Waals surface area (Å²) in [6, 6.07) is 6.06. The summed E-state index contributed by atoms with van der Waals surface area (Å²) in [5.74, 6) is 0.418. The van der Waals surface area contributed by atoms with Crippen LogP contribution in [0, 0.1) is 0 Å². The lowest BCUT2D eigenvalue weighted by molar-refractivity contribution is -0.195. The molecule has 0 aliphatic heterocycles. The zero-order valence-corrected chi connectivity index (χ0v) is 10.8. The zero-order chi connectivity index (χ0) is 13.8. The Morgan fingerprint density at radius 3 is 2.44 bits per heavy atom. The Balaban J connectivity index is 3.16. The summed E-state index contributed by atoms with van der Waals surface area (Å²) in [7, 11) is 1.43. The van der Waals surface area contributed by atoms with Crippen LogP contribution in [0.1, 0.15) is 25.8 Å². The molecule has 2 nitrogen and oxygen atoms in total. The average Bonchev–Trinajstić information content (AvgIpc) is 2.34. The summed E-state index contributed by atoms with van der Waals surface area (Å²) in [5, 5.41) is 2.57. The van der Waals surface area contributed by atoms with E-state index in [1.54, 1.807) is 12.1 Å². The van der Waals surface area contributed by atoms with Gasteiger partial charge in [0, 0.05) is 0 Å². The molecule has 0 aromatic heterocycles. The van der Waals surface area contributed by atoms with Gasteiger partial charge in [0.1, 0.15) is 11.3 Å². The molecule has 0 spiro atoms. The number of nitrogens with one attached hydrogen (secondary N) is 1. The van der Waals surface area contributed by atoms with Gasteiger partial charge in [-0.2, -0.15) is 13.2 Å². The van der Waals surface area contributed by atoms with E-state index in [4.69, 9.17) is 4.74 Å². The van der Waals surface area contributed by atoms with Gasteiger partial charge in [0.25, 0.3) is 0 Å². The lowest BCUT2D eigenvalue weighted by Gasteiger charge is -2.33. The predicted molar refractivity (Wildman–Crippen MR) is 64.7 cm³/mol. The van der Waals surface area contributed by atoms with E-state index in [9.17, 15) is 13.2 Å². The van der Waals surface area contributed by atoms with Crippen LogP contribution in [0.4, 0.5) is 13.2 Å². The highest BCUT2D eigenvalue weighted by atomic mass is 19.4. The molecule has 0 radical (unpaired) electrons. The first-order valence-electron chi connectivity index (χ1n) is 5.81. The van der Waals surface area contributed by atoms with Crippen molar-refractivity contribution in [3.05, 3.63) is 29.8 Å². The van der Waals surface area contributed by atoms with Crippen LogP contribution in [0.2, 0.25) is 0 Å². The fourth-order valence-corrected chi connectivity index (χ4v) is 1.68. The first kappa shape index (κ1) is 14.8. The molecule has 0 amide bonds. The molecule has 0 bridgehead atoms. The van der Waals surface area contributed by atoms with Gasteiger partial charge in [0.15, 0.2) is 0 Å². The van der Waals surface area contributed by atoms with Crippen molar-refractivity contribution in [1.82, 2.24) is 5.32 Å². The minimum atomic E-state index is -4.37. The smallest absolute Gasteiger partial charge is 0.410 e. The Hall–Kier alpha value is -1.23. The van der Waals surface area contributed by atoms with Gasteiger partial charge in [-0.1, -0.05) is 19.1 Å². The maximum Gasteiger partial charge on any atom is 0.410 e. The molecule has 102 valence electrons. The van der Waals surface area contributed by atoms with Crippen LogP contribution in [-0.4, -0.2) is 19.8 Å². The van der Waals surface area contributed by atoms with Gasteiger partial charge in [-0.3, -0.25) is 0 Å². The molecule has 1 atom stereocenters. The second-order valence-electron chi connectivity index (χ2n) is 4.28. The summed E-state index contributed by atoms with van der Waals surface area (Å²) in [5.41, 5.74) is -1.90. The van der Waals surface area contributed by atoms with E-state index < -0.39 is 11.7 Å². The second kappa shape index (κ2) is 5.61. The van der Waals surface area contributed by atoms with Crippen LogP contribution < -0.4 is 10.1 Å². The van der Waals surface area contributed by atoms with Gasteiger partial charge in [0.2, 0.25) is 0 Å². The van der Waals surface area contributed by atoms with E-state index in [0.717, 1.165) is 6.92 Å². The highest BCUT2D eigenvalue weighted by Gasteiger charge is 2.51. The number of rotatable bonds is 5. The molecule has 1 aromatic rings. The monoisotopic (exact) mass is 261 g/mol. The fourth-order valence-electron chi connectivity index (χ4n) is 1.68. The van der Waals surface area contributed by atoms with Gasteiger partial charge < -0.3 is 10.1 Å². The molecule has 0 aliphatic carbocycles. The Morgan fingerprint density at radius 1 is 1.28 bits per heavy atom. The number of alkyl halides is 3. The van der Waals surface area contributed by atoms with Gasteiger partial charge in [-0.05, 0) is 37.6 Å². The number of hydrogen-bond donors (Lipinski definition) is 1. The Bertz CT molecular complexity index is 392. The van der Waals surface area contributed by atoms with Crippen molar-refractivity contribution in [3.8, 4) is 5.75 Å². The maximum atomic E-state index is 13.2. The molecular weight excluding hydrogens is 243 g/mol. The van der Waals surface area contributed by atoms with Gasteiger partial charge in [-0.15, -0.1) is 0 Å². The Kier molecular flexibility index (Phi) is 4.62. The normalized spacial score (nSPS) is 15.2. The van der Waals surface area contributed by atoms with E-state index in [1.165, 1.54) is 19.2 Å². The first-order valence-corrected chi connectivity index (χ1v) is 5.81. The molecule has 0 fully saturated rings. The van der Waals surface area contributed by atoms with Crippen molar-refractivity contribution >= 4 is 0 Å². The average molecular weight is 261 g/mol. The molecule has 1 unspecified atom stereocenters. The lowest BCUT2D eigenvalue weighted by Crippen LogP contribution is -2.51. The van der Waals surface area contributed by atoms with E-state index in [0.29, 0.717) is 18.7 Å². The SMILES string of the molecule is CCCNC(C)(c1cccc(OC)c1)C(F)(F)F. The van der Waals surface area contributed by atoms with Crippen molar-refractivity contribution in [2.45, 2.75) is 32.0 Å². The molecule has 18 heavy (non-hydrogen) atoms. The summed E-state index contributed by atoms with van der Waals surface area (Å²) >= 11 is 0. The Labute approximate surface area is 105 Å². The third kappa shape index (κ3) is 2.96. The van der Waals surface area contributed by atoms with Crippen molar-refractivity contribution in [1.29, 1.82) is 0 Å². The molecule has 1 N–H and O–H groups in total. The second-order valence-corrected chi connectivity index (χ2v) is 4.28. The minimum absolute atomic E-state index is 0.155. The molecule has 0 heterocycles. The van der Waals surface area contributed by atoms with E-state index in [2.05, 4.69) is 5.32 Å². The van der Waals surface area contributed by atoms with E-state index in [-0.39, 0.29) is 5.56 Å². The number of methoxy groups -OCH3 is 1. The van der Waals surface area contributed by atoms with Crippen molar-refractivity contribution in [3.63, 3.8) is 0 Å². The van der Waals surface area contributed by atoms with Gasteiger partial charge in [0.05, 0.1) is 7.11 Å². The van der Waals surface area contributed by atoms with Crippen molar-refractivity contribution in [2.24, 2.45) is 0 Å². The van der Waals surface area contributed by atoms with E-state index in [1.807, 2.05) is 6.92 Å². The summed E-state index contributed by atoms with van der Waals surface area (Å²) < 4.78 is 44.7. The quantitative estimate of drug-likeness (QED) is 0.876. The third-order valence-corrected chi connectivity index (χ3v) is 2.94. The Morgan fingerprint density at radius 2 is 1.94 bits per heavy atom. The summed E-state index contributed by atoms with van der Waals surface area (Å²) in [4.78, 5) is 0. The molecule has 0 saturated carbocycles. The highest BCUT2D eigenvalue weighted by molar-refractivity contribution is 5.34. The fraction of sp³-hybridized carbons (Fsp3) is 0.538. The molecule has 1 aromatic carbocycles. The van der Waals surface area contributed by atoms with Crippen LogP contribution >= 0.6 is 0 Å². The number of benzene rings is 1. The number of ether oxygens (including phenoxy) is 1. The minimum Gasteiger partial charge on any atom is -0.497 e. The summed E-state index contributed by atoms with van der Waals surface area (Å²) in [6.45, 7) is 3.28. The first-order chi connectivity index (χ1) is 8.35. The topological polar surface area (TPSA) is 21.3 Å². The van der Waals surface area contributed by atoms with Crippen LogP contribution in [0.15, 0.2) is 24.3 Å². The molecule has 0 saturated heterocycles. The highest BCUT2D eigenvalue weighted by Crippen LogP contribution is 2.39. The standard InChI is InChI=1S/C13H18F3NO/c1-4-8-17-12(2,13(14,15)16)10-6-5-7-11(9-10)18-3/h5-7,9,17H,4,8H2,1-3H3. The van der Waals surface area contributed by atoms with Gasteiger partial charge >= 0.3 is 6.18 Å². The van der Waals surface area contributed by atoms with Crippen LogP contribution in [0.3, 0.4) is 0 Å². The molecule has 5 heteroatoms. The molecular formula is C13H18F3NO. The molecule has 0 aliphatic rings. The van der Waals surface area contributed by atoms with Gasteiger partial charge in [-0.25, -0.2) is 0 Å². The summed E-state index contributed by atoms with van der Waals surface area (Å²) in [6.07, 6.45) is -3.73. The van der Waals surface area contributed by atoms with E-state index >= 15 is 0 Å². The van der Waals surface area contributed by atoms with Crippen molar-refractivity contribution < 1.29 is 17.9 Å². The van der Waals surface area contributed by atoms with Crippen LogP contribution in [-0.2, 0) is 5.54 Å². The predicted octanol–water partition coefficient (Wildman–Crippen LogP) is 3.47. The lowest BCUT2D eigenvalue weighted by atomic mass is 9.91. The van der Waals surface area contributed by atoms with Crippen LogP contribution in [0.5, 0.6) is 5.75 Å². The van der Waals surface area contributed by atoms with Crippen LogP contribution in [0.25, 0.3) is 0 Å². The zero-order valence-electron chi connectivity index (χ0n) is 10.8. The maximum absolute atomic E-state index is 13.2. The van der Waals surface area contributed by atoms with Crippen molar-refractivity contribution in [2.75, 3.05) is 13.7 Å². The largest absolute Gasteiger partial charge is 0.497 e.